The molecule has 28 heavy (non-hydrogen) atoms. The highest BCUT2D eigenvalue weighted by Crippen LogP contribution is 2.36. The number of carbonyl (C=O) groups is 2. The Morgan fingerprint density at radius 1 is 1.14 bits per heavy atom. The van der Waals surface area contributed by atoms with E-state index in [0.29, 0.717) is 5.92 Å². The van der Waals surface area contributed by atoms with Gasteiger partial charge in [0.05, 0.1) is 0 Å². The first-order chi connectivity index (χ1) is 13.5. The topological polar surface area (TPSA) is 70.2 Å². The first kappa shape index (κ1) is 19.2. The van der Waals surface area contributed by atoms with Crippen LogP contribution in [0.25, 0.3) is 0 Å². The zero-order chi connectivity index (χ0) is 19.7. The molecule has 1 saturated heterocycles. The molecule has 5 heteroatoms. The molecule has 2 heterocycles. The fourth-order valence-electron chi connectivity index (χ4n) is 5.20. The molecule has 4 rings (SSSR count). The second kappa shape index (κ2) is 7.70. The number of hydrogen-bond acceptors (Lipinski definition) is 3. The molecule has 0 bridgehead atoms. The molecule has 1 aromatic carbocycles. The lowest BCUT2D eigenvalue weighted by Crippen LogP contribution is -2.62. The minimum absolute atomic E-state index is 0.147. The monoisotopic (exact) mass is 381 g/mol. The van der Waals surface area contributed by atoms with Crippen molar-refractivity contribution in [3.63, 3.8) is 0 Å². The Bertz CT molecular complexity index is 793. The number of nitrogens with one attached hydrogen (secondary N) is 3. The third kappa shape index (κ3) is 3.60. The van der Waals surface area contributed by atoms with E-state index in [4.69, 9.17) is 0 Å². The number of anilines is 1. The first-order valence-corrected chi connectivity index (χ1v) is 10.6. The van der Waals surface area contributed by atoms with Gasteiger partial charge in [-0.25, -0.2) is 0 Å². The fourth-order valence-corrected chi connectivity index (χ4v) is 5.20. The van der Waals surface area contributed by atoms with Gasteiger partial charge in [-0.1, -0.05) is 31.4 Å². The smallest absolute Gasteiger partial charge is 0.261 e. The van der Waals surface area contributed by atoms with Crippen molar-refractivity contribution in [2.75, 3.05) is 18.4 Å². The van der Waals surface area contributed by atoms with E-state index in [1.54, 1.807) is 0 Å². The summed E-state index contributed by atoms with van der Waals surface area (Å²) in [4.78, 5) is 25.6. The van der Waals surface area contributed by atoms with Crippen LogP contribution in [0.3, 0.4) is 0 Å². The van der Waals surface area contributed by atoms with Gasteiger partial charge in [0.1, 0.15) is 5.57 Å². The van der Waals surface area contributed by atoms with Crippen LogP contribution < -0.4 is 16.0 Å². The minimum atomic E-state index is -0.312. The Morgan fingerprint density at radius 3 is 2.57 bits per heavy atom. The average molecular weight is 382 g/mol. The molecule has 0 unspecified atom stereocenters. The van der Waals surface area contributed by atoms with E-state index in [1.165, 1.54) is 37.7 Å². The molecule has 0 radical (unpaired) electrons. The Labute approximate surface area is 167 Å². The molecule has 1 saturated carbocycles. The van der Waals surface area contributed by atoms with Gasteiger partial charge in [0.2, 0.25) is 0 Å². The third-order valence-electron chi connectivity index (χ3n) is 6.95. The van der Waals surface area contributed by atoms with Crippen LogP contribution in [-0.4, -0.2) is 30.4 Å². The molecule has 5 nitrogen and oxygen atoms in total. The van der Waals surface area contributed by atoms with Crippen molar-refractivity contribution in [1.82, 2.24) is 10.6 Å². The van der Waals surface area contributed by atoms with Gasteiger partial charge in [0.15, 0.2) is 0 Å². The van der Waals surface area contributed by atoms with Gasteiger partial charge < -0.3 is 16.0 Å². The van der Waals surface area contributed by atoms with Gasteiger partial charge in [-0.05, 0) is 68.8 Å². The van der Waals surface area contributed by atoms with Gasteiger partial charge in [-0.3, -0.25) is 9.59 Å². The van der Waals surface area contributed by atoms with Crippen molar-refractivity contribution >= 4 is 17.5 Å². The van der Waals surface area contributed by atoms with Crippen LogP contribution in [0.1, 0.15) is 63.9 Å². The first-order valence-electron chi connectivity index (χ1n) is 10.6. The Morgan fingerprint density at radius 2 is 1.86 bits per heavy atom. The molecule has 2 aliphatic heterocycles. The van der Waals surface area contributed by atoms with Crippen LogP contribution in [0.5, 0.6) is 0 Å². The van der Waals surface area contributed by atoms with E-state index < -0.39 is 0 Å². The lowest BCUT2D eigenvalue weighted by atomic mass is 9.72. The summed E-state index contributed by atoms with van der Waals surface area (Å²) in [7, 11) is 0. The highest BCUT2D eigenvalue weighted by Gasteiger charge is 2.45. The predicted octanol–water partition coefficient (Wildman–Crippen LogP) is 3.49. The van der Waals surface area contributed by atoms with Gasteiger partial charge >= 0.3 is 0 Å². The number of rotatable bonds is 3. The van der Waals surface area contributed by atoms with E-state index >= 15 is 0 Å². The van der Waals surface area contributed by atoms with Gasteiger partial charge in [0.25, 0.3) is 11.8 Å². The Hall–Kier alpha value is -2.14. The highest BCUT2D eigenvalue weighted by molar-refractivity contribution is 6.24. The molecule has 0 spiro atoms. The van der Waals surface area contributed by atoms with Crippen LogP contribution >= 0.6 is 0 Å². The fraction of sp³-hybridized carbons (Fsp3) is 0.565. The number of piperidine rings is 1. The minimum Gasteiger partial charge on any atom is -0.346 e. The van der Waals surface area contributed by atoms with Crippen LogP contribution in [0.2, 0.25) is 0 Å². The van der Waals surface area contributed by atoms with Crippen LogP contribution in [0, 0.1) is 5.92 Å². The number of carbonyl (C=O) groups excluding carboxylic acids is 2. The van der Waals surface area contributed by atoms with Crippen molar-refractivity contribution in [2.24, 2.45) is 5.92 Å². The zero-order valence-corrected chi connectivity index (χ0v) is 16.9. The summed E-state index contributed by atoms with van der Waals surface area (Å²) in [5.41, 5.74) is 2.98. The van der Waals surface area contributed by atoms with E-state index in [-0.39, 0.29) is 28.8 Å². The second-order valence-electron chi connectivity index (χ2n) is 8.85. The summed E-state index contributed by atoms with van der Waals surface area (Å²) in [6.07, 6.45) is 7.34. The van der Waals surface area contributed by atoms with Gasteiger partial charge in [-0.2, -0.15) is 0 Å². The number of fused-ring (bicyclic) bond motifs is 1. The van der Waals surface area contributed by atoms with Gasteiger partial charge in [-0.15, -0.1) is 0 Å². The lowest BCUT2D eigenvalue weighted by molar-refractivity contribution is -0.124. The molecular formula is C23H31N3O2. The van der Waals surface area contributed by atoms with E-state index in [2.05, 4.69) is 35.0 Å². The van der Waals surface area contributed by atoms with Gasteiger partial charge in [0, 0.05) is 23.7 Å². The largest absolute Gasteiger partial charge is 0.346 e. The maximum Gasteiger partial charge on any atom is 0.261 e. The predicted molar refractivity (Wildman–Crippen MR) is 111 cm³/mol. The SMILES string of the molecule is CC1=C(C(=O)Nc2ccc(C3CCCCC3)cc2)C(=O)N[C@@]2(C)CCNC[C@H]12. The standard InChI is InChI=1S/C23H31N3O2/c1-15-19-14-24-13-12-23(19,2)26-22(28)20(15)21(27)25-18-10-8-17(9-11-18)16-6-4-3-5-7-16/h8-11,16,19,24H,3-7,12-14H2,1-2H3,(H,25,27)(H,26,28)/t19-,23+/m1/s1. The van der Waals surface area contributed by atoms with Crippen molar-refractivity contribution in [3.05, 3.63) is 41.0 Å². The Kier molecular flexibility index (Phi) is 5.28. The summed E-state index contributed by atoms with van der Waals surface area (Å²) in [6, 6.07) is 8.17. The molecule has 0 aromatic heterocycles. The molecule has 150 valence electrons. The molecule has 2 amide bonds. The summed E-state index contributed by atoms with van der Waals surface area (Å²) in [6.45, 7) is 5.68. The Balaban J connectivity index is 1.49. The van der Waals surface area contributed by atoms with Crippen molar-refractivity contribution in [3.8, 4) is 0 Å². The molecule has 2 fully saturated rings. The molecule has 3 aliphatic rings. The van der Waals surface area contributed by atoms with Crippen LogP contribution in [0.15, 0.2) is 35.4 Å². The summed E-state index contributed by atoms with van der Waals surface area (Å²) < 4.78 is 0. The summed E-state index contributed by atoms with van der Waals surface area (Å²) in [5, 5.41) is 9.41. The molecular weight excluding hydrogens is 350 g/mol. The quantitative estimate of drug-likeness (QED) is 0.702. The number of hydrogen-bond donors (Lipinski definition) is 3. The second-order valence-corrected chi connectivity index (χ2v) is 8.85. The zero-order valence-electron chi connectivity index (χ0n) is 16.9. The molecule has 1 aliphatic carbocycles. The van der Waals surface area contributed by atoms with E-state index in [9.17, 15) is 9.59 Å². The third-order valence-corrected chi connectivity index (χ3v) is 6.95. The summed E-state index contributed by atoms with van der Waals surface area (Å²) in [5.74, 6) is 0.222. The maximum absolute atomic E-state index is 12.9. The number of benzene rings is 1. The van der Waals surface area contributed by atoms with E-state index in [0.717, 1.165) is 30.8 Å². The molecule has 2 atom stereocenters. The van der Waals surface area contributed by atoms with Crippen molar-refractivity contribution in [2.45, 2.75) is 63.8 Å². The van der Waals surface area contributed by atoms with Crippen LogP contribution in [0.4, 0.5) is 5.69 Å². The summed E-state index contributed by atoms with van der Waals surface area (Å²) >= 11 is 0. The average Bonchev–Trinajstić information content (AvgIpc) is 2.68. The van der Waals surface area contributed by atoms with E-state index in [1.807, 2.05) is 19.1 Å². The van der Waals surface area contributed by atoms with Crippen LogP contribution in [-0.2, 0) is 9.59 Å². The number of amides is 2. The maximum atomic E-state index is 12.9. The lowest BCUT2D eigenvalue weighted by Gasteiger charge is -2.46. The van der Waals surface area contributed by atoms with Crippen molar-refractivity contribution < 1.29 is 9.59 Å². The molecule has 3 N–H and O–H groups in total. The molecule has 1 aromatic rings. The highest BCUT2D eigenvalue weighted by atomic mass is 16.2. The van der Waals surface area contributed by atoms with Crippen molar-refractivity contribution in [1.29, 1.82) is 0 Å². The normalized spacial score (nSPS) is 28.5.